The van der Waals surface area contributed by atoms with Crippen molar-refractivity contribution in [3.05, 3.63) is 22.4 Å². The van der Waals surface area contributed by atoms with Crippen molar-refractivity contribution in [3.63, 3.8) is 0 Å². The van der Waals surface area contributed by atoms with E-state index in [0.717, 1.165) is 38.5 Å². The second kappa shape index (κ2) is 9.44. The Bertz CT molecular complexity index is 680. The number of nitrogens with zero attached hydrogens (tertiary/aromatic N) is 1. The van der Waals surface area contributed by atoms with Crippen molar-refractivity contribution < 1.29 is 32.6 Å². The summed E-state index contributed by atoms with van der Waals surface area (Å²) in [4.78, 5) is 23.3. The van der Waals surface area contributed by atoms with Crippen LogP contribution < -0.4 is 5.32 Å². The van der Waals surface area contributed by atoms with Crippen LogP contribution in [0.5, 0.6) is 0 Å². The SMILES string of the molecule is O=C(C[C@@H]1C[C@H]2CN(Cc3ccsc3)C[C@H]2O1)NCC1CC1.O=C(O)C(F)(F)F. The van der Waals surface area contributed by atoms with E-state index < -0.39 is 12.1 Å². The number of carbonyl (C=O) groups is 2. The molecule has 3 atom stereocenters. The van der Waals surface area contributed by atoms with Crippen LogP contribution in [0.3, 0.4) is 0 Å². The summed E-state index contributed by atoms with van der Waals surface area (Å²) < 4.78 is 37.9. The maximum absolute atomic E-state index is 11.9. The Morgan fingerprint density at radius 1 is 1.31 bits per heavy atom. The van der Waals surface area contributed by atoms with Gasteiger partial charge >= 0.3 is 12.1 Å². The molecule has 1 saturated carbocycles. The summed E-state index contributed by atoms with van der Waals surface area (Å²) in [7, 11) is 0. The quantitative estimate of drug-likeness (QED) is 0.720. The molecule has 1 amide bonds. The third-order valence-corrected chi connectivity index (χ3v) is 6.05. The molecule has 0 unspecified atom stereocenters. The van der Waals surface area contributed by atoms with Crippen molar-refractivity contribution in [2.24, 2.45) is 11.8 Å². The molecule has 1 aromatic heterocycles. The van der Waals surface area contributed by atoms with E-state index in [-0.39, 0.29) is 12.0 Å². The number of carboxylic acid groups (broad SMARTS) is 1. The molecule has 162 valence electrons. The molecule has 0 radical (unpaired) electrons. The van der Waals surface area contributed by atoms with E-state index in [0.29, 0.717) is 18.4 Å². The number of aliphatic carboxylic acids is 1. The van der Waals surface area contributed by atoms with Gasteiger partial charge in [0.2, 0.25) is 5.91 Å². The van der Waals surface area contributed by atoms with Crippen LogP contribution in [-0.2, 0) is 20.9 Å². The van der Waals surface area contributed by atoms with Crippen molar-refractivity contribution in [2.45, 2.75) is 50.6 Å². The number of carboxylic acids is 1. The number of halogens is 3. The summed E-state index contributed by atoms with van der Waals surface area (Å²) >= 11 is 1.76. The maximum atomic E-state index is 11.9. The van der Waals surface area contributed by atoms with Crippen LogP contribution in [0.4, 0.5) is 13.2 Å². The minimum atomic E-state index is -5.08. The van der Waals surface area contributed by atoms with Crippen LogP contribution in [0.1, 0.15) is 31.2 Å². The number of nitrogens with one attached hydrogen (secondary N) is 1. The van der Waals surface area contributed by atoms with Crippen LogP contribution in [0.25, 0.3) is 0 Å². The van der Waals surface area contributed by atoms with Gasteiger partial charge in [-0.2, -0.15) is 24.5 Å². The van der Waals surface area contributed by atoms with Crippen molar-refractivity contribution >= 4 is 23.2 Å². The lowest BCUT2D eigenvalue weighted by molar-refractivity contribution is -0.192. The number of hydrogen-bond donors (Lipinski definition) is 2. The third kappa shape index (κ3) is 6.97. The second-order valence-corrected chi connectivity index (χ2v) is 8.65. The third-order valence-electron chi connectivity index (χ3n) is 5.32. The molecule has 0 bridgehead atoms. The van der Waals surface area contributed by atoms with E-state index in [1.807, 2.05) is 0 Å². The van der Waals surface area contributed by atoms with Gasteiger partial charge in [-0.05, 0) is 47.6 Å². The zero-order chi connectivity index (χ0) is 21.0. The zero-order valence-corrected chi connectivity index (χ0v) is 16.7. The molecule has 3 heterocycles. The van der Waals surface area contributed by atoms with Gasteiger partial charge in [0.1, 0.15) is 0 Å². The average Bonchev–Trinajstić information content (AvgIpc) is 2.98. The van der Waals surface area contributed by atoms with Gasteiger partial charge in [0.15, 0.2) is 0 Å². The van der Waals surface area contributed by atoms with Crippen LogP contribution in [-0.4, -0.2) is 59.9 Å². The first-order valence-electron chi connectivity index (χ1n) is 9.66. The fraction of sp³-hybridized carbons (Fsp3) is 0.684. The summed E-state index contributed by atoms with van der Waals surface area (Å²) in [6.45, 7) is 4.03. The standard InChI is InChI=1S/C17H24N2O2S.C2HF3O2/c20-17(18-7-12-1-2-12)6-15-5-14-9-19(10-16(14)21-15)8-13-3-4-22-11-13;3-2(4,5)1(6)7/h3-4,11-12,14-16H,1-2,5-10H2,(H,18,20);(H,6,7)/t14-,15-,16+;/m0./s1. The van der Waals surface area contributed by atoms with Gasteiger partial charge in [-0.15, -0.1) is 0 Å². The second-order valence-electron chi connectivity index (χ2n) is 7.87. The number of ether oxygens (including phenoxy) is 1. The molecule has 3 fully saturated rings. The number of alkyl halides is 3. The van der Waals surface area contributed by atoms with E-state index in [4.69, 9.17) is 14.6 Å². The number of fused-ring (bicyclic) bond motifs is 1. The predicted molar refractivity (Wildman–Crippen MR) is 100 cm³/mol. The van der Waals surface area contributed by atoms with E-state index >= 15 is 0 Å². The Morgan fingerprint density at radius 3 is 2.59 bits per heavy atom. The molecule has 0 spiro atoms. The first-order chi connectivity index (χ1) is 13.7. The van der Waals surface area contributed by atoms with Crippen molar-refractivity contribution in [3.8, 4) is 0 Å². The first kappa shape index (κ1) is 22.0. The largest absolute Gasteiger partial charge is 0.490 e. The first-order valence-corrected chi connectivity index (χ1v) is 10.6. The van der Waals surface area contributed by atoms with E-state index in [9.17, 15) is 18.0 Å². The van der Waals surface area contributed by atoms with E-state index in [1.165, 1.54) is 18.4 Å². The smallest absolute Gasteiger partial charge is 0.475 e. The average molecular weight is 434 g/mol. The molecular weight excluding hydrogens is 409 g/mol. The number of likely N-dealkylation sites (tertiary alicyclic amines) is 1. The van der Waals surface area contributed by atoms with Crippen LogP contribution >= 0.6 is 11.3 Å². The lowest BCUT2D eigenvalue weighted by Crippen LogP contribution is -2.30. The zero-order valence-electron chi connectivity index (χ0n) is 15.9. The van der Waals surface area contributed by atoms with Crippen LogP contribution in [0.2, 0.25) is 0 Å². The van der Waals surface area contributed by atoms with Crippen molar-refractivity contribution in [2.75, 3.05) is 19.6 Å². The fourth-order valence-electron chi connectivity index (χ4n) is 3.71. The predicted octanol–water partition coefficient (Wildman–Crippen LogP) is 2.89. The number of hydrogen-bond acceptors (Lipinski definition) is 5. The van der Waals surface area contributed by atoms with Gasteiger partial charge in [-0.1, -0.05) is 0 Å². The summed E-state index contributed by atoms with van der Waals surface area (Å²) in [6.07, 6.45) is -0.460. The Balaban J connectivity index is 0.000000298. The summed E-state index contributed by atoms with van der Waals surface area (Å²) in [5, 5.41) is 14.5. The highest BCUT2D eigenvalue weighted by Gasteiger charge is 2.42. The summed E-state index contributed by atoms with van der Waals surface area (Å²) in [6, 6.07) is 2.20. The minimum Gasteiger partial charge on any atom is -0.475 e. The highest BCUT2D eigenvalue weighted by atomic mass is 32.1. The van der Waals surface area contributed by atoms with Gasteiger partial charge in [0.25, 0.3) is 0 Å². The molecule has 2 saturated heterocycles. The molecule has 1 aliphatic carbocycles. The van der Waals surface area contributed by atoms with Crippen LogP contribution in [0, 0.1) is 11.8 Å². The number of carbonyl (C=O) groups excluding carboxylic acids is 1. The monoisotopic (exact) mass is 434 g/mol. The topological polar surface area (TPSA) is 78.9 Å². The van der Waals surface area contributed by atoms with Gasteiger partial charge in [0.05, 0.1) is 18.6 Å². The summed E-state index contributed by atoms with van der Waals surface area (Å²) in [5.74, 6) is -1.22. The molecule has 3 aliphatic rings. The molecule has 29 heavy (non-hydrogen) atoms. The van der Waals surface area contributed by atoms with Crippen LogP contribution in [0.15, 0.2) is 16.8 Å². The number of rotatable bonds is 6. The minimum absolute atomic E-state index is 0.137. The van der Waals surface area contributed by atoms with Gasteiger partial charge in [-0.25, -0.2) is 4.79 Å². The lowest BCUT2D eigenvalue weighted by atomic mass is 10.0. The molecule has 10 heteroatoms. The molecule has 1 aromatic rings. The molecule has 4 rings (SSSR count). The highest BCUT2D eigenvalue weighted by molar-refractivity contribution is 7.07. The summed E-state index contributed by atoms with van der Waals surface area (Å²) in [5.41, 5.74) is 1.40. The Kier molecular flexibility index (Phi) is 7.18. The molecule has 2 N–H and O–H groups in total. The lowest BCUT2D eigenvalue weighted by Gasteiger charge is -2.18. The Morgan fingerprint density at radius 2 is 2.03 bits per heavy atom. The maximum Gasteiger partial charge on any atom is 0.490 e. The Hall–Kier alpha value is -1.65. The molecule has 2 aliphatic heterocycles. The normalized spacial score (nSPS) is 26.5. The van der Waals surface area contributed by atoms with E-state index in [2.05, 4.69) is 27.0 Å². The molecule has 0 aromatic carbocycles. The fourth-order valence-corrected chi connectivity index (χ4v) is 4.37. The van der Waals surface area contributed by atoms with Gasteiger partial charge in [0, 0.05) is 32.1 Å². The Labute approximate surface area is 171 Å². The van der Waals surface area contributed by atoms with Gasteiger partial charge in [-0.3, -0.25) is 9.69 Å². The number of amides is 1. The van der Waals surface area contributed by atoms with Gasteiger partial charge < -0.3 is 15.2 Å². The highest BCUT2D eigenvalue weighted by Crippen LogP contribution is 2.35. The van der Waals surface area contributed by atoms with Crippen molar-refractivity contribution in [1.29, 1.82) is 0 Å². The molecular formula is C19H25F3N2O4S. The van der Waals surface area contributed by atoms with E-state index in [1.54, 1.807) is 11.3 Å². The van der Waals surface area contributed by atoms with Crippen molar-refractivity contribution in [1.82, 2.24) is 10.2 Å². The number of thiophene rings is 1. The molecule has 6 nitrogen and oxygen atoms in total.